The quantitative estimate of drug-likeness (QED) is 0.304. The number of fused-ring (bicyclic) bond motifs is 2. The Balaban J connectivity index is 1.33. The molecular formula is C24H18ClNOS. The lowest BCUT2D eigenvalue weighted by atomic mass is 10.2. The molecule has 4 heteroatoms. The van der Waals surface area contributed by atoms with Gasteiger partial charge >= 0.3 is 0 Å². The number of benzene rings is 3. The van der Waals surface area contributed by atoms with Crippen LogP contribution in [-0.2, 0) is 13.2 Å². The summed E-state index contributed by atoms with van der Waals surface area (Å²) in [5, 5.41) is 3.23. The Morgan fingerprint density at radius 1 is 0.857 bits per heavy atom. The molecule has 2 aromatic heterocycles. The van der Waals surface area contributed by atoms with Gasteiger partial charge in [-0.05, 0) is 59.5 Å². The molecule has 3 aromatic carbocycles. The van der Waals surface area contributed by atoms with E-state index < -0.39 is 0 Å². The van der Waals surface area contributed by atoms with Crippen LogP contribution in [-0.4, -0.2) is 4.57 Å². The zero-order valence-corrected chi connectivity index (χ0v) is 16.7. The Labute approximate surface area is 172 Å². The van der Waals surface area contributed by atoms with E-state index in [-0.39, 0.29) is 0 Å². The largest absolute Gasteiger partial charge is 0.488 e. The van der Waals surface area contributed by atoms with Gasteiger partial charge in [0.2, 0.25) is 0 Å². The van der Waals surface area contributed by atoms with Crippen LogP contribution in [0.5, 0.6) is 5.75 Å². The summed E-state index contributed by atoms with van der Waals surface area (Å²) < 4.78 is 9.60. The number of halogens is 1. The summed E-state index contributed by atoms with van der Waals surface area (Å²) >= 11 is 7.77. The van der Waals surface area contributed by atoms with Crippen molar-refractivity contribution in [2.45, 2.75) is 13.2 Å². The summed E-state index contributed by atoms with van der Waals surface area (Å²) in [6.45, 7) is 1.42. The number of thiophene rings is 1. The molecule has 0 bridgehead atoms. The third kappa shape index (κ3) is 3.51. The molecule has 0 aliphatic rings. The molecule has 2 nitrogen and oxygen atoms in total. The molecule has 0 atom stereocenters. The molecule has 0 spiro atoms. The van der Waals surface area contributed by atoms with Gasteiger partial charge in [0, 0.05) is 38.2 Å². The second-order valence-electron chi connectivity index (χ2n) is 6.83. The van der Waals surface area contributed by atoms with Crippen LogP contribution in [0, 0.1) is 0 Å². The van der Waals surface area contributed by atoms with E-state index in [1.54, 1.807) is 11.3 Å². The maximum Gasteiger partial charge on any atom is 0.122 e. The van der Waals surface area contributed by atoms with Crippen molar-refractivity contribution < 1.29 is 4.74 Å². The van der Waals surface area contributed by atoms with E-state index in [1.807, 2.05) is 18.2 Å². The van der Waals surface area contributed by atoms with Gasteiger partial charge < -0.3 is 9.30 Å². The number of aromatic nitrogens is 1. The predicted molar refractivity (Wildman–Crippen MR) is 119 cm³/mol. The summed E-state index contributed by atoms with van der Waals surface area (Å²) in [6.07, 6.45) is 2.12. The first-order chi connectivity index (χ1) is 13.7. The van der Waals surface area contributed by atoms with Crippen LogP contribution in [0.15, 0.2) is 85.1 Å². The number of hydrogen-bond donors (Lipinski definition) is 0. The highest BCUT2D eigenvalue weighted by Crippen LogP contribution is 2.28. The van der Waals surface area contributed by atoms with Gasteiger partial charge in [0.1, 0.15) is 12.4 Å². The van der Waals surface area contributed by atoms with E-state index in [1.165, 1.54) is 31.4 Å². The van der Waals surface area contributed by atoms with Crippen LogP contribution in [0.1, 0.15) is 10.4 Å². The Morgan fingerprint density at radius 2 is 1.71 bits per heavy atom. The molecule has 5 aromatic rings. The fraction of sp³-hybridized carbons (Fsp3) is 0.0833. The van der Waals surface area contributed by atoms with E-state index >= 15 is 0 Å². The maximum absolute atomic E-state index is 6.06. The van der Waals surface area contributed by atoms with E-state index in [4.69, 9.17) is 16.3 Å². The van der Waals surface area contributed by atoms with Crippen LogP contribution in [0.4, 0.5) is 0 Å². The lowest BCUT2D eigenvalue weighted by Gasteiger charge is -2.08. The summed E-state index contributed by atoms with van der Waals surface area (Å²) in [5.74, 6) is 0.897. The second-order valence-corrected chi connectivity index (χ2v) is 8.43. The molecule has 0 N–H and O–H groups in total. The Kier molecular flexibility index (Phi) is 4.55. The van der Waals surface area contributed by atoms with Crippen molar-refractivity contribution in [1.29, 1.82) is 0 Å². The van der Waals surface area contributed by atoms with Crippen molar-refractivity contribution in [3.8, 4) is 5.75 Å². The fourth-order valence-electron chi connectivity index (χ4n) is 3.45. The first-order valence-electron chi connectivity index (χ1n) is 9.18. The monoisotopic (exact) mass is 403 g/mol. The minimum absolute atomic E-state index is 0.594. The average molecular weight is 404 g/mol. The summed E-state index contributed by atoms with van der Waals surface area (Å²) in [7, 11) is 0. The van der Waals surface area contributed by atoms with Gasteiger partial charge in [-0.2, -0.15) is 0 Å². The smallest absolute Gasteiger partial charge is 0.122 e. The number of hydrogen-bond acceptors (Lipinski definition) is 2. The van der Waals surface area contributed by atoms with E-state index in [0.29, 0.717) is 6.61 Å². The van der Waals surface area contributed by atoms with Gasteiger partial charge in [-0.15, -0.1) is 11.3 Å². The zero-order valence-electron chi connectivity index (χ0n) is 15.1. The molecule has 0 saturated heterocycles. The Hall–Kier alpha value is -2.75. The molecular weight excluding hydrogens is 386 g/mol. The lowest BCUT2D eigenvalue weighted by molar-refractivity contribution is 0.310. The molecule has 138 valence electrons. The molecule has 0 amide bonds. The van der Waals surface area contributed by atoms with Crippen molar-refractivity contribution in [3.63, 3.8) is 0 Å². The highest BCUT2D eigenvalue weighted by molar-refractivity contribution is 7.19. The average Bonchev–Trinajstić information content (AvgIpc) is 3.31. The van der Waals surface area contributed by atoms with E-state index in [2.05, 4.69) is 71.4 Å². The lowest BCUT2D eigenvalue weighted by Crippen LogP contribution is -1.97. The number of rotatable bonds is 5. The maximum atomic E-state index is 6.06. The fourth-order valence-corrected chi connectivity index (χ4v) is 4.56. The molecule has 0 aliphatic carbocycles. The molecule has 0 aliphatic heterocycles. The van der Waals surface area contributed by atoms with Crippen molar-refractivity contribution >= 4 is 43.9 Å². The van der Waals surface area contributed by atoms with Gasteiger partial charge in [-0.1, -0.05) is 41.9 Å². The SMILES string of the molecule is Clc1ccc(Cn2ccc3cc(OCc4cc5ccccc5s4)ccc32)cc1. The number of nitrogens with zero attached hydrogens (tertiary/aromatic N) is 1. The van der Waals surface area contributed by atoms with Crippen LogP contribution in [0.2, 0.25) is 5.02 Å². The van der Waals surface area contributed by atoms with Crippen molar-refractivity contribution in [1.82, 2.24) is 4.57 Å². The molecule has 2 heterocycles. The highest BCUT2D eigenvalue weighted by atomic mass is 35.5. The van der Waals surface area contributed by atoms with Gasteiger partial charge in [0.15, 0.2) is 0 Å². The summed E-state index contributed by atoms with van der Waals surface area (Å²) in [4.78, 5) is 1.24. The first kappa shape index (κ1) is 17.4. The summed E-state index contributed by atoms with van der Waals surface area (Å²) in [5.41, 5.74) is 2.43. The van der Waals surface area contributed by atoms with Crippen LogP contribution in [0.3, 0.4) is 0 Å². The molecule has 28 heavy (non-hydrogen) atoms. The molecule has 0 fully saturated rings. The normalized spacial score (nSPS) is 11.3. The van der Waals surface area contributed by atoms with Gasteiger partial charge in [0.25, 0.3) is 0 Å². The van der Waals surface area contributed by atoms with Crippen molar-refractivity contribution in [3.05, 3.63) is 101 Å². The Bertz CT molecular complexity index is 1220. The van der Waals surface area contributed by atoms with Crippen molar-refractivity contribution in [2.24, 2.45) is 0 Å². The molecule has 0 unspecified atom stereocenters. The minimum atomic E-state index is 0.594. The van der Waals surface area contributed by atoms with Crippen LogP contribution >= 0.6 is 22.9 Å². The molecule has 5 rings (SSSR count). The van der Waals surface area contributed by atoms with Crippen molar-refractivity contribution in [2.75, 3.05) is 0 Å². The minimum Gasteiger partial charge on any atom is -0.488 e. The standard InChI is InChI=1S/C24H18ClNOS/c25-20-7-5-17(6-8-20)15-26-12-11-18-13-21(9-10-23(18)26)27-16-22-14-19-3-1-2-4-24(19)28-22/h1-14H,15-16H2. The predicted octanol–water partition coefficient (Wildman–Crippen LogP) is 7.14. The van der Waals surface area contributed by atoms with Gasteiger partial charge in [-0.25, -0.2) is 0 Å². The number of ether oxygens (including phenoxy) is 1. The molecule has 0 radical (unpaired) electrons. The second kappa shape index (κ2) is 7.34. The molecule has 0 saturated carbocycles. The third-order valence-electron chi connectivity index (χ3n) is 4.87. The topological polar surface area (TPSA) is 14.2 Å². The van der Waals surface area contributed by atoms with Crippen LogP contribution in [0.25, 0.3) is 21.0 Å². The van der Waals surface area contributed by atoms with E-state index in [9.17, 15) is 0 Å². The van der Waals surface area contributed by atoms with Gasteiger partial charge in [-0.3, -0.25) is 0 Å². The van der Waals surface area contributed by atoms with Gasteiger partial charge in [0.05, 0.1) is 0 Å². The first-order valence-corrected chi connectivity index (χ1v) is 10.4. The van der Waals surface area contributed by atoms with Crippen LogP contribution < -0.4 is 4.74 Å². The summed E-state index contributed by atoms with van der Waals surface area (Å²) in [6, 6.07) is 27.1. The zero-order chi connectivity index (χ0) is 18.9. The Morgan fingerprint density at radius 3 is 2.57 bits per heavy atom. The third-order valence-corrected chi connectivity index (χ3v) is 6.21. The van der Waals surface area contributed by atoms with E-state index in [0.717, 1.165) is 17.3 Å². The highest BCUT2D eigenvalue weighted by Gasteiger charge is 2.06.